The highest BCUT2D eigenvalue weighted by molar-refractivity contribution is 5.68. The van der Waals surface area contributed by atoms with Gasteiger partial charge < -0.3 is 24.0 Å². The van der Waals surface area contributed by atoms with E-state index in [0.717, 1.165) is 38.0 Å². The fourth-order valence-electron chi connectivity index (χ4n) is 4.34. The number of benzene rings is 1. The first-order chi connectivity index (χ1) is 15.8. The maximum atomic E-state index is 12.6. The first kappa shape index (κ1) is 23.3. The van der Waals surface area contributed by atoms with Crippen molar-refractivity contribution in [2.24, 2.45) is 0 Å². The summed E-state index contributed by atoms with van der Waals surface area (Å²) in [6, 6.07) is 12.2. The predicted octanol–water partition coefficient (Wildman–Crippen LogP) is 3.68. The van der Waals surface area contributed by atoms with Gasteiger partial charge in [-0.25, -0.2) is 9.78 Å². The maximum absolute atomic E-state index is 12.6. The van der Waals surface area contributed by atoms with Gasteiger partial charge in [-0.15, -0.1) is 0 Å². The standard InChI is InChI=1S/C25H34N4O4/c1-24(2,3)33-23(30)29-14-15-32-25(18-29)10-12-28(13-11-25)22-26-20(17-21(27-22)31-4)16-19-8-6-5-7-9-19/h5-9,17H,10-16,18H2,1-4H3. The van der Waals surface area contributed by atoms with Crippen molar-refractivity contribution in [1.29, 1.82) is 0 Å². The van der Waals surface area contributed by atoms with E-state index in [0.29, 0.717) is 31.5 Å². The zero-order chi connectivity index (χ0) is 23.5. The number of carbonyl (C=O) groups is 1. The Hall–Kier alpha value is -2.87. The number of hydrogen-bond acceptors (Lipinski definition) is 7. The molecule has 2 aliphatic rings. The van der Waals surface area contributed by atoms with Crippen molar-refractivity contribution in [2.45, 2.75) is 51.2 Å². The molecule has 1 aromatic heterocycles. The third-order valence-electron chi connectivity index (χ3n) is 6.04. The molecule has 2 aromatic rings. The Morgan fingerprint density at radius 1 is 1.12 bits per heavy atom. The van der Waals surface area contributed by atoms with Crippen LogP contribution in [-0.4, -0.2) is 72.1 Å². The Balaban J connectivity index is 1.43. The van der Waals surface area contributed by atoms with E-state index < -0.39 is 5.60 Å². The number of morpholine rings is 1. The minimum Gasteiger partial charge on any atom is -0.481 e. The fraction of sp³-hybridized carbons (Fsp3) is 0.560. The van der Waals surface area contributed by atoms with Crippen LogP contribution in [0.25, 0.3) is 0 Å². The number of ether oxygens (including phenoxy) is 3. The highest BCUT2D eigenvalue weighted by Crippen LogP contribution is 2.32. The molecule has 0 aliphatic carbocycles. The molecule has 0 saturated carbocycles. The van der Waals surface area contributed by atoms with Crippen LogP contribution in [-0.2, 0) is 15.9 Å². The average Bonchev–Trinajstić information content (AvgIpc) is 2.79. The zero-order valence-corrected chi connectivity index (χ0v) is 20.0. The summed E-state index contributed by atoms with van der Waals surface area (Å²) in [6.07, 6.45) is 2.04. The van der Waals surface area contributed by atoms with Gasteiger partial charge in [0.2, 0.25) is 11.8 Å². The minimum absolute atomic E-state index is 0.269. The topological polar surface area (TPSA) is 77.0 Å². The normalized spacial score (nSPS) is 18.3. The van der Waals surface area contributed by atoms with Crippen molar-refractivity contribution >= 4 is 12.0 Å². The van der Waals surface area contributed by atoms with E-state index in [4.69, 9.17) is 19.2 Å². The van der Waals surface area contributed by atoms with Gasteiger partial charge in [0, 0.05) is 32.1 Å². The van der Waals surface area contributed by atoms with Gasteiger partial charge in [0.15, 0.2) is 0 Å². The van der Waals surface area contributed by atoms with Gasteiger partial charge in [0.1, 0.15) is 5.60 Å². The molecule has 4 rings (SSSR count). The summed E-state index contributed by atoms with van der Waals surface area (Å²) in [5.74, 6) is 1.24. The van der Waals surface area contributed by atoms with Crippen LogP contribution in [0.15, 0.2) is 36.4 Å². The molecule has 2 fully saturated rings. The molecule has 0 unspecified atom stereocenters. The van der Waals surface area contributed by atoms with Crippen LogP contribution in [0, 0.1) is 0 Å². The van der Waals surface area contributed by atoms with Crippen molar-refractivity contribution in [3.8, 4) is 5.88 Å². The Morgan fingerprint density at radius 3 is 2.52 bits per heavy atom. The summed E-state index contributed by atoms with van der Waals surface area (Å²) >= 11 is 0. The number of anilines is 1. The van der Waals surface area contributed by atoms with Crippen LogP contribution in [0.3, 0.4) is 0 Å². The van der Waals surface area contributed by atoms with E-state index in [9.17, 15) is 4.79 Å². The molecule has 3 heterocycles. The molecule has 8 heteroatoms. The van der Waals surface area contributed by atoms with E-state index in [1.165, 1.54) is 5.56 Å². The molecule has 1 amide bonds. The number of carbonyl (C=O) groups excluding carboxylic acids is 1. The van der Waals surface area contributed by atoms with Crippen molar-refractivity contribution in [1.82, 2.24) is 14.9 Å². The first-order valence-corrected chi connectivity index (χ1v) is 11.6. The minimum atomic E-state index is -0.507. The van der Waals surface area contributed by atoms with Gasteiger partial charge in [-0.05, 0) is 39.2 Å². The molecule has 2 saturated heterocycles. The SMILES string of the molecule is COc1cc(Cc2ccccc2)nc(N2CCC3(CC2)CN(C(=O)OC(C)(C)C)CCO3)n1. The second kappa shape index (κ2) is 9.55. The third kappa shape index (κ3) is 5.93. The molecule has 0 bridgehead atoms. The maximum Gasteiger partial charge on any atom is 0.410 e. The van der Waals surface area contributed by atoms with Crippen LogP contribution in [0.2, 0.25) is 0 Å². The molecule has 33 heavy (non-hydrogen) atoms. The molecular formula is C25H34N4O4. The van der Waals surface area contributed by atoms with E-state index in [-0.39, 0.29) is 11.7 Å². The lowest BCUT2D eigenvalue weighted by atomic mass is 9.89. The smallest absolute Gasteiger partial charge is 0.410 e. The number of hydrogen-bond donors (Lipinski definition) is 0. The zero-order valence-electron chi connectivity index (χ0n) is 20.0. The lowest BCUT2D eigenvalue weighted by Crippen LogP contribution is -2.58. The molecular weight excluding hydrogens is 420 g/mol. The average molecular weight is 455 g/mol. The van der Waals surface area contributed by atoms with Crippen LogP contribution in [0.1, 0.15) is 44.9 Å². The van der Waals surface area contributed by atoms with Gasteiger partial charge in [-0.3, -0.25) is 0 Å². The number of amides is 1. The number of methoxy groups -OCH3 is 1. The number of aromatic nitrogens is 2. The summed E-state index contributed by atoms with van der Waals surface area (Å²) < 4.78 is 17.2. The van der Waals surface area contributed by atoms with Gasteiger partial charge in [-0.1, -0.05) is 30.3 Å². The Kier molecular flexibility index (Phi) is 6.74. The van der Waals surface area contributed by atoms with Crippen molar-refractivity contribution < 1.29 is 19.0 Å². The van der Waals surface area contributed by atoms with Crippen molar-refractivity contribution in [3.05, 3.63) is 47.7 Å². The van der Waals surface area contributed by atoms with Crippen molar-refractivity contribution in [2.75, 3.05) is 44.8 Å². The van der Waals surface area contributed by atoms with Gasteiger partial charge in [0.25, 0.3) is 0 Å². The van der Waals surface area contributed by atoms with Crippen molar-refractivity contribution in [3.63, 3.8) is 0 Å². The van der Waals surface area contributed by atoms with Crippen LogP contribution < -0.4 is 9.64 Å². The van der Waals surface area contributed by atoms with Crippen LogP contribution in [0.4, 0.5) is 10.7 Å². The van der Waals surface area contributed by atoms with Gasteiger partial charge in [-0.2, -0.15) is 4.98 Å². The summed E-state index contributed by atoms with van der Waals surface area (Å²) in [7, 11) is 1.63. The Labute approximate surface area is 195 Å². The van der Waals surface area contributed by atoms with Gasteiger partial charge in [0.05, 0.1) is 31.6 Å². The molecule has 178 valence electrons. The summed E-state index contributed by atoms with van der Waals surface area (Å²) in [6.45, 7) is 8.80. The van der Waals surface area contributed by atoms with E-state index in [1.54, 1.807) is 12.0 Å². The molecule has 2 aliphatic heterocycles. The number of piperidine rings is 1. The number of nitrogens with zero attached hydrogens (tertiary/aromatic N) is 4. The molecule has 8 nitrogen and oxygen atoms in total. The highest BCUT2D eigenvalue weighted by atomic mass is 16.6. The van der Waals surface area contributed by atoms with E-state index >= 15 is 0 Å². The first-order valence-electron chi connectivity index (χ1n) is 11.6. The molecule has 0 radical (unpaired) electrons. The molecule has 1 spiro atoms. The fourth-order valence-corrected chi connectivity index (χ4v) is 4.34. The van der Waals surface area contributed by atoms with Crippen LogP contribution in [0.5, 0.6) is 5.88 Å². The quantitative estimate of drug-likeness (QED) is 0.697. The summed E-state index contributed by atoms with van der Waals surface area (Å²) in [5.41, 5.74) is 1.26. The molecule has 1 aromatic carbocycles. The molecule has 0 N–H and O–H groups in total. The Morgan fingerprint density at radius 2 is 1.85 bits per heavy atom. The largest absolute Gasteiger partial charge is 0.481 e. The highest BCUT2D eigenvalue weighted by Gasteiger charge is 2.42. The predicted molar refractivity (Wildman–Crippen MR) is 126 cm³/mol. The summed E-state index contributed by atoms with van der Waals surface area (Å²) in [4.78, 5) is 26.0. The number of rotatable bonds is 4. The van der Waals surface area contributed by atoms with Gasteiger partial charge >= 0.3 is 6.09 Å². The van der Waals surface area contributed by atoms with Crippen LogP contribution >= 0.6 is 0 Å². The molecule has 0 atom stereocenters. The lowest BCUT2D eigenvalue weighted by molar-refractivity contribution is -0.119. The second-order valence-corrected chi connectivity index (χ2v) is 9.78. The summed E-state index contributed by atoms with van der Waals surface area (Å²) in [5, 5.41) is 0. The van der Waals surface area contributed by atoms with E-state index in [2.05, 4.69) is 22.0 Å². The lowest BCUT2D eigenvalue weighted by Gasteiger charge is -2.47. The van der Waals surface area contributed by atoms with E-state index in [1.807, 2.05) is 45.0 Å². The second-order valence-electron chi connectivity index (χ2n) is 9.78. The third-order valence-corrected chi connectivity index (χ3v) is 6.04. The Bertz CT molecular complexity index is 953. The monoisotopic (exact) mass is 454 g/mol.